The lowest BCUT2D eigenvalue weighted by Crippen LogP contribution is -2.26. The van der Waals surface area contributed by atoms with Gasteiger partial charge in [0.25, 0.3) is 0 Å². The summed E-state index contributed by atoms with van der Waals surface area (Å²) in [6.07, 6.45) is 0. The first-order valence-corrected chi connectivity index (χ1v) is 7.32. The Labute approximate surface area is 111 Å². The molecule has 4 nitrogen and oxygen atoms in total. The minimum Gasteiger partial charge on any atom is -0.303 e. The molecule has 19 heavy (non-hydrogen) atoms. The molecular weight excluding hydrogens is 263 g/mol. The Morgan fingerprint density at radius 3 is 1.58 bits per heavy atom. The van der Waals surface area contributed by atoms with Crippen molar-refractivity contribution >= 4 is 7.82 Å². The molecule has 2 aromatic carbocycles. The lowest BCUT2D eigenvalue weighted by molar-refractivity contribution is 0.0809. The van der Waals surface area contributed by atoms with E-state index in [0.717, 1.165) is 0 Å². The van der Waals surface area contributed by atoms with Crippen molar-refractivity contribution in [2.24, 2.45) is 0 Å². The fraction of sp³-hybridized carbons (Fsp3) is 0.143. The maximum Gasteiger partial charge on any atom is 0.470 e. The van der Waals surface area contributed by atoms with Crippen molar-refractivity contribution in [1.82, 2.24) is 0 Å². The van der Waals surface area contributed by atoms with Gasteiger partial charge in [0.2, 0.25) is 0 Å². The maximum atomic E-state index is 11.3. The van der Waals surface area contributed by atoms with Crippen LogP contribution in [-0.4, -0.2) is 9.79 Å². The van der Waals surface area contributed by atoms with E-state index >= 15 is 0 Å². The molecule has 0 saturated heterocycles. The van der Waals surface area contributed by atoms with Crippen LogP contribution in [-0.2, 0) is 14.7 Å². The van der Waals surface area contributed by atoms with E-state index in [0.29, 0.717) is 11.1 Å². The summed E-state index contributed by atoms with van der Waals surface area (Å²) in [5.74, 6) is 0. The molecule has 0 bridgehead atoms. The van der Waals surface area contributed by atoms with Crippen molar-refractivity contribution in [2.45, 2.75) is 12.5 Å². The van der Waals surface area contributed by atoms with E-state index in [4.69, 9.17) is 14.3 Å². The van der Waals surface area contributed by atoms with Crippen LogP contribution in [0.3, 0.4) is 0 Å². The molecule has 0 saturated carbocycles. The van der Waals surface area contributed by atoms with Gasteiger partial charge in [-0.1, -0.05) is 60.7 Å². The van der Waals surface area contributed by atoms with E-state index in [1.54, 1.807) is 55.5 Å². The van der Waals surface area contributed by atoms with Crippen LogP contribution in [0.2, 0.25) is 0 Å². The summed E-state index contributed by atoms with van der Waals surface area (Å²) in [5.41, 5.74) is 0.177. The molecule has 2 aromatic rings. The molecule has 0 radical (unpaired) electrons. The van der Waals surface area contributed by atoms with E-state index in [-0.39, 0.29) is 0 Å². The highest BCUT2D eigenvalue weighted by Crippen LogP contribution is 2.48. The van der Waals surface area contributed by atoms with Crippen LogP contribution in [0.15, 0.2) is 60.7 Å². The molecule has 0 atom stereocenters. The van der Waals surface area contributed by atoms with Gasteiger partial charge in [-0.3, -0.25) is 4.52 Å². The number of hydrogen-bond donors (Lipinski definition) is 2. The minimum atomic E-state index is -4.62. The Morgan fingerprint density at radius 2 is 1.26 bits per heavy atom. The Kier molecular flexibility index (Phi) is 3.88. The first-order valence-electron chi connectivity index (χ1n) is 5.79. The third-order valence-electron chi connectivity index (χ3n) is 2.95. The van der Waals surface area contributed by atoms with Gasteiger partial charge in [-0.05, 0) is 18.1 Å². The summed E-state index contributed by atoms with van der Waals surface area (Å²) in [5, 5.41) is 0. The van der Waals surface area contributed by atoms with E-state index in [9.17, 15) is 4.57 Å². The van der Waals surface area contributed by atoms with Gasteiger partial charge in [0, 0.05) is 0 Å². The summed E-state index contributed by atoms with van der Waals surface area (Å²) < 4.78 is 16.3. The summed E-state index contributed by atoms with van der Waals surface area (Å²) in [6.45, 7) is 1.65. The smallest absolute Gasteiger partial charge is 0.303 e. The van der Waals surface area contributed by atoms with Gasteiger partial charge in [-0.25, -0.2) is 4.57 Å². The minimum absolute atomic E-state index is 0.685. The number of phosphoric ester groups is 1. The predicted molar refractivity (Wildman–Crippen MR) is 72.5 cm³/mol. The Morgan fingerprint density at radius 1 is 0.895 bits per heavy atom. The molecule has 0 heterocycles. The van der Waals surface area contributed by atoms with Crippen molar-refractivity contribution in [3.8, 4) is 0 Å². The zero-order valence-corrected chi connectivity index (χ0v) is 11.3. The second-order valence-electron chi connectivity index (χ2n) is 4.35. The van der Waals surface area contributed by atoms with Crippen molar-refractivity contribution < 1.29 is 18.9 Å². The standard InChI is InChI=1S/C14H15O4P/c1-14(18-19(15,16)17,12-8-4-2-5-9-12)13-10-6-3-7-11-13/h2-11H,1H3,(H2,15,16,17). The van der Waals surface area contributed by atoms with Crippen LogP contribution in [0, 0.1) is 0 Å². The van der Waals surface area contributed by atoms with Crippen molar-refractivity contribution in [3.63, 3.8) is 0 Å². The van der Waals surface area contributed by atoms with Crippen LogP contribution in [0.4, 0.5) is 0 Å². The molecule has 0 aromatic heterocycles. The van der Waals surface area contributed by atoms with Gasteiger partial charge in [0.05, 0.1) is 0 Å². The van der Waals surface area contributed by atoms with E-state index in [2.05, 4.69) is 0 Å². The normalized spacial score (nSPS) is 12.4. The van der Waals surface area contributed by atoms with Gasteiger partial charge >= 0.3 is 7.82 Å². The molecule has 0 unspecified atom stereocenters. The largest absolute Gasteiger partial charge is 0.470 e. The number of benzene rings is 2. The number of hydrogen-bond acceptors (Lipinski definition) is 2. The van der Waals surface area contributed by atoms with Crippen molar-refractivity contribution in [1.29, 1.82) is 0 Å². The number of rotatable bonds is 4. The van der Waals surface area contributed by atoms with E-state index in [1.807, 2.05) is 12.1 Å². The molecule has 0 amide bonds. The summed E-state index contributed by atoms with van der Waals surface area (Å²) >= 11 is 0. The van der Waals surface area contributed by atoms with E-state index in [1.165, 1.54) is 0 Å². The lowest BCUT2D eigenvalue weighted by atomic mass is 9.88. The van der Waals surface area contributed by atoms with Gasteiger partial charge in [-0.15, -0.1) is 0 Å². The molecular formula is C14H15O4P. The molecule has 2 N–H and O–H groups in total. The topological polar surface area (TPSA) is 66.8 Å². The zero-order chi connectivity index (χ0) is 13.9. The van der Waals surface area contributed by atoms with Crippen LogP contribution in [0.1, 0.15) is 18.1 Å². The van der Waals surface area contributed by atoms with Crippen LogP contribution >= 0.6 is 7.82 Å². The molecule has 0 aliphatic heterocycles. The molecule has 100 valence electrons. The molecule has 0 aliphatic carbocycles. The molecule has 5 heteroatoms. The Balaban J connectivity index is 2.54. The molecule has 0 aliphatic rings. The van der Waals surface area contributed by atoms with Crippen LogP contribution in [0.5, 0.6) is 0 Å². The SMILES string of the molecule is CC(OP(=O)(O)O)(c1ccccc1)c1ccccc1. The monoisotopic (exact) mass is 278 g/mol. The van der Waals surface area contributed by atoms with Crippen LogP contribution in [0.25, 0.3) is 0 Å². The van der Waals surface area contributed by atoms with Gasteiger partial charge in [-0.2, -0.15) is 0 Å². The third-order valence-corrected chi connectivity index (χ3v) is 3.55. The first kappa shape index (κ1) is 14.0. The highest BCUT2D eigenvalue weighted by molar-refractivity contribution is 7.46. The van der Waals surface area contributed by atoms with Crippen molar-refractivity contribution in [3.05, 3.63) is 71.8 Å². The second-order valence-corrected chi connectivity index (χ2v) is 5.51. The molecule has 0 spiro atoms. The van der Waals surface area contributed by atoms with E-state index < -0.39 is 13.4 Å². The third kappa shape index (κ3) is 3.31. The fourth-order valence-electron chi connectivity index (χ4n) is 2.02. The summed E-state index contributed by atoms with van der Waals surface area (Å²) in [7, 11) is -4.62. The highest BCUT2D eigenvalue weighted by Gasteiger charge is 2.36. The van der Waals surface area contributed by atoms with Gasteiger partial charge in [0.15, 0.2) is 0 Å². The summed E-state index contributed by atoms with van der Waals surface area (Å²) in [4.78, 5) is 18.3. The van der Waals surface area contributed by atoms with Crippen molar-refractivity contribution in [2.75, 3.05) is 0 Å². The predicted octanol–water partition coefficient (Wildman–Crippen LogP) is 3.06. The Hall–Kier alpha value is -1.45. The zero-order valence-electron chi connectivity index (χ0n) is 10.4. The molecule has 2 rings (SSSR count). The Bertz CT molecular complexity index is 537. The molecule has 0 fully saturated rings. The first-order chi connectivity index (χ1) is 8.92. The van der Waals surface area contributed by atoms with Gasteiger partial charge in [0.1, 0.15) is 5.60 Å². The van der Waals surface area contributed by atoms with Crippen LogP contribution < -0.4 is 0 Å². The highest BCUT2D eigenvalue weighted by atomic mass is 31.2. The fourth-order valence-corrected chi connectivity index (χ4v) is 2.71. The average Bonchev–Trinajstić information content (AvgIpc) is 2.39. The number of phosphoric acid groups is 1. The quantitative estimate of drug-likeness (QED) is 0.843. The second kappa shape index (κ2) is 5.27. The summed E-state index contributed by atoms with van der Waals surface area (Å²) in [6, 6.07) is 18.0. The van der Waals surface area contributed by atoms with Gasteiger partial charge < -0.3 is 9.79 Å². The lowest BCUT2D eigenvalue weighted by Gasteiger charge is -2.30. The maximum absolute atomic E-state index is 11.3. The average molecular weight is 278 g/mol.